The highest BCUT2D eigenvalue weighted by atomic mass is 79.9. The van der Waals surface area contributed by atoms with Gasteiger partial charge in [0.15, 0.2) is 6.23 Å². The molecule has 0 bridgehead atoms. The van der Waals surface area contributed by atoms with Gasteiger partial charge in [0.1, 0.15) is 0 Å². The molecule has 0 spiro atoms. The molecule has 0 aliphatic carbocycles. The van der Waals surface area contributed by atoms with Gasteiger partial charge >= 0.3 is 0 Å². The Balaban J connectivity index is 2.14. The van der Waals surface area contributed by atoms with E-state index in [9.17, 15) is 0 Å². The molecule has 1 saturated heterocycles. The molecule has 1 aliphatic heterocycles. The molecule has 102 valence electrons. The molecule has 1 atom stereocenters. The number of nitrogens with zero attached hydrogens (tertiary/aromatic N) is 2. The van der Waals surface area contributed by atoms with Crippen LogP contribution in [0, 0.1) is 0 Å². The third kappa shape index (κ3) is 2.43. The third-order valence-corrected chi connectivity index (χ3v) is 4.17. The summed E-state index contributed by atoms with van der Waals surface area (Å²) in [4.78, 5) is 0. The van der Waals surface area contributed by atoms with Crippen LogP contribution in [0.5, 0.6) is 0 Å². The predicted octanol–water partition coefficient (Wildman–Crippen LogP) is 4.62. The van der Waals surface area contributed by atoms with E-state index in [0.717, 1.165) is 23.0 Å². The highest BCUT2D eigenvalue weighted by molar-refractivity contribution is 9.10. The fraction of sp³-hybridized carbons (Fsp3) is 0.533. The van der Waals surface area contributed by atoms with Crippen molar-refractivity contribution in [1.82, 2.24) is 9.78 Å². The summed E-state index contributed by atoms with van der Waals surface area (Å²) in [6, 6.07) is 6.28. The third-order valence-electron chi connectivity index (χ3n) is 3.67. The Bertz CT molecular complexity index is 585. The van der Waals surface area contributed by atoms with Crippen molar-refractivity contribution in [2.24, 2.45) is 0 Å². The highest BCUT2D eigenvalue weighted by Crippen LogP contribution is 2.33. The number of fused-ring (bicyclic) bond motifs is 1. The van der Waals surface area contributed by atoms with Crippen LogP contribution in [0.3, 0.4) is 0 Å². The molecule has 4 heteroatoms. The molecule has 3 nitrogen and oxygen atoms in total. The van der Waals surface area contributed by atoms with Crippen LogP contribution in [0.1, 0.15) is 50.9 Å². The minimum Gasteiger partial charge on any atom is -0.357 e. The lowest BCUT2D eigenvalue weighted by Gasteiger charge is -2.25. The van der Waals surface area contributed by atoms with E-state index in [-0.39, 0.29) is 6.23 Å². The molecular weight excluding hydrogens is 304 g/mol. The molecule has 1 fully saturated rings. The number of halogens is 1. The molecule has 1 aromatic heterocycles. The second kappa shape index (κ2) is 5.25. The maximum absolute atomic E-state index is 5.90. The first-order chi connectivity index (χ1) is 9.16. The maximum Gasteiger partial charge on any atom is 0.150 e. The largest absolute Gasteiger partial charge is 0.357 e. The maximum atomic E-state index is 5.90. The quantitative estimate of drug-likeness (QED) is 0.806. The first-order valence-corrected chi connectivity index (χ1v) is 7.75. The van der Waals surface area contributed by atoms with Crippen LogP contribution in [0.15, 0.2) is 22.7 Å². The summed E-state index contributed by atoms with van der Waals surface area (Å²) in [6.45, 7) is 5.29. The van der Waals surface area contributed by atoms with Gasteiger partial charge in [-0.05, 0) is 43.4 Å². The Morgan fingerprint density at radius 2 is 2.21 bits per heavy atom. The molecule has 1 aromatic carbocycles. The highest BCUT2D eigenvalue weighted by Gasteiger charge is 2.23. The van der Waals surface area contributed by atoms with Gasteiger partial charge in [-0.3, -0.25) is 0 Å². The molecule has 0 N–H and O–H groups in total. The number of hydrogen-bond acceptors (Lipinski definition) is 2. The summed E-state index contributed by atoms with van der Waals surface area (Å²) in [5.41, 5.74) is 2.34. The smallest absolute Gasteiger partial charge is 0.150 e. The van der Waals surface area contributed by atoms with Crippen LogP contribution >= 0.6 is 15.9 Å². The lowest BCUT2D eigenvalue weighted by Crippen LogP contribution is -2.21. The SMILES string of the molecule is CC(C)c1c2cc(Br)ccc2nn1C1CCCCO1. The molecular formula is C15H19BrN2O. The van der Waals surface area contributed by atoms with Crippen LogP contribution in [0.2, 0.25) is 0 Å². The van der Waals surface area contributed by atoms with Crippen molar-refractivity contribution in [3.63, 3.8) is 0 Å². The number of rotatable bonds is 2. The summed E-state index contributed by atoms with van der Waals surface area (Å²) in [7, 11) is 0. The van der Waals surface area contributed by atoms with Crippen molar-refractivity contribution in [1.29, 1.82) is 0 Å². The number of aromatic nitrogens is 2. The van der Waals surface area contributed by atoms with Crippen molar-refractivity contribution in [2.75, 3.05) is 6.61 Å². The van der Waals surface area contributed by atoms with E-state index >= 15 is 0 Å². The molecule has 1 unspecified atom stereocenters. The van der Waals surface area contributed by atoms with E-state index in [1.165, 1.54) is 23.9 Å². The topological polar surface area (TPSA) is 27.1 Å². The van der Waals surface area contributed by atoms with Gasteiger partial charge in [0.05, 0.1) is 11.2 Å². The average Bonchev–Trinajstić information content (AvgIpc) is 2.78. The lowest BCUT2D eigenvalue weighted by atomic mass is 10.1. The molecule has 2 heterocycles. The average molecular weight is 323 g/mol. The van der Waals surface area contributed by atoms with Gasteiger partial charge in [-0.2, -0.15) is 5.10 Å². The monoisotopic (exact) mass is 322 g/mol. The van der Waals surface area contributed by atoms with Gasteiger partial charge in [-0.1, -0.05) is 29.8 Å². The summed E-state index contributed by atoms with van der Waals surface area (Å²) >= 11 is 3.55. The molecule has 1 aliphatic rings. The van der Waals surface area contributed by atoms with E-state index in [1.807, 2.05) is 6.07 Å². The Morgan fingerprint density at radius 1 is 1.37 bits per heavy atom. The van der Waals surface area contributed by atoms with Gasteiger partial charge in [0.25, 0.3) is 0 Å². The first kappa shape index (κ1) is 13.1. The van der Waals surface area contributed by atoms with Gasteiger partial charge in [-0.25, -0.2) is 4.68 Å². The number of hydrogen-bond donors (Lipinski definition) is 0. The predicted molar refractivity (Wildman–Crippen MR) is 80.4 cm³/mol. The summed E-state index contributed by atoms with van der Waals surface area (Å²) in [5, 5.41) is 6.00. The van der Waals surface area contributed by atoms with Crippen LogP contribution < -0.4 is 0 Å². The normalized spacial score (nSPS) is 20.3. The molecule has 19 heavy (non-hydrogen) atoms. The fourth-order valence-corrected chi connectivity index (χ4v) is 3.17. The minimum absolute atomic E-state index is 0.109. The van der Waals surface area contributed by atoms with Gasteiger partial charge in [0, 0.05) is 16.5 Å². The van der Waals surface area contributed by atoms with E-state index in [0.29, 0.717) is 5.92 Å². The standard InChI is InChI=1S/C15H19BrN2O/c1-10(2)15-12-9-11(16)6-7-13(12)17-18(15)14-5-3-4-8-19-14/h6-7,9-10,14H,3-5,8H2,1-2H3. The second-order valence-corrected chi connectivity index (χ2v) is 6.38. The van der Waals surface area contributed by atoms with E-state index in [2.05, 4.69) is 46.6 Å². The van der Waals surface area contributed by atoms with Crippen LogP contribution in [0.4, 0.5) is 0 Å². The van der Waals surface area contributed by atoms with Crippen LogP contribution in [-0.4, -0.2) is 16.4 Å². The van der Waals surface area contributed by atoms with Gasteiger partial charge in [-0.15, -0.1) is 0 Å². The Labute approximate surface area is 122 Å². The molecule has 2 aromatic rings. The minimum atomic E-state index is 0.109. The summed E-state index contributed by atoms with van der Waals surface area (Å²) in [6.07, 6.45) is 3.56. The fourth-order valence-electron chi connectivity index (χ4n) is 2.81. The molecule has 3 rings (SSSR count). The van der Waals surface area contributed by atoms with Crippen molar-refractivity contribution in [3.8, 4) is 0 Å². The number of ether oxygens (including phenoxy) is 1. The molecule has 0 radical (unpaired) electrons. The summed E-state index contributed by atoms with van der Waals surface area (Å²) < 4.78 is 9.12. The summed E-state index contributed by atoms with van der Waals surface area (Å²) in [5.74, 6) is 0.435. The first-order valence-electron chi connectivity index (χ1n) is 6.96. The van der Waals surface area contributed by atoms with E-state index < -0.39 is 0 Å². The zero-order valence-electron chi connectivity index (χ0n) is 11.4. The Morgan fingerprint density at radius 3 is 2.89 bits per heavy atom. The van der Waals surface area contributed by atoms with Crippen molar-refractivity contribution in [2.45, 2.75) is 45.3 Å². The zero-order valence-corrected chi connectivity index (χ0v) is 13.0. The second-order valence-electron chi connectivity index (χ2n) is 5.47. The van der Waals surface area contributed by atoms with Gasteiger partial charge in [0.2, 0.25) is 0 Å². The van der Waals surface area contributed by atoms with Crippen molar-refractivity contribution in [3.05, 3.63) is 28.4 Å². The van der Waals surface area contributed by atoms with Crippen LogP contribution in [0.25, 0.3) is 10.9 Å². The van der Waals surface area contributed by atoms with E-state index in [1.54, 1.807) is 0 Å². The van der Waals surface area contributed by atoms with Crippen LogP contribution in [-0.2, 0) is 4.74 Å². The van der Waals surface area contributed by atoms with E-state index in [4.69, 9.17) is 9.84 Å². The number of benzene rings is 1. The van der Waals surface area contributed by atoms with Gasteiger partial charge < -0.3 is 4.74 Å². The zero-order chi connectivity index (χ0) is 13.4. The Hall–Kier alpha value is -0.870. The molecule has 0 saturated carbocycles. The van der Waals surface area contributed by atoms with Crippen molar-refractivity contribution < 1.29 is 4.74 Å². The Kier molecular flexibility index (Phi) is 3.63. The lowest BCUT2D eigenvalue weighted by molar-refractivity contribution is -0.0410. The molecule has 0 amide bonds. The van der Waals surface area contributed by atoms with Crippen molar-refractivity contribution >= 4 is 26.8 Å².